The Labute approximate surface area is 142 Å². The van der Waals surface area contributed by atoms with E-state index in [2.05, 4.69) is 10.6 Å². The van der Waals surface area contributed by atoms with Crippen LogP contribution in [0.3, 0.4) is 0 Å². The predicted molar refractivity (Wildman–Crippen MR) is 93.8 cm³/mol. The molecule has 2 aliphatic rings. The summed E-state index contributed by atoms with van der Waals surface area (Å²) in [6, 6.07) is -0.0792. The average molecular weight is 345 g/mol. The summed E-state index contributed by atoms with van der Waals surface area (Å²) in [5, 5.41) is 15.8. The lowest BCUT2D eigenvalue weighted by Gasteiger charge is -2.32. The number of carbonyl (C=O) groups excluding carboxylic acids is 1. The van der Waals surface area contributed by atoms with E-state index in [0.717, 1.165) is 51.4 Å². The Bertz CT molecular complexity index is 405. The van der Waals surface area contributed by atoms with Crippen molar-refractivity contribution in [2.24, 2.45) is 5.92 Å². The van der Waals surface area contributed by atoms with Gasteiger partial charge in [-0.05, 0) is 25.7 Å². The first-order valence-electron chi connectivity index (χ1n) is 9.20. The van der Waals surface area contributed by atoms with Crippen LogP contribution in [0, 0.1) is 5.92 Å². The highest BCUT2D eigenvalue weighted by atomic mass is 32.2. The van der Waals surface area contributed by atoms with Gasteiger partial charge in [-0.3, -0.25) is 4.21 Å². The molecule has 5 unspecified atom stereocenters. The maximum Gasteiger partial charge on any atom is 0.315 e. The van der Waals surface area contributed by atoms with E-state index < -0.39 is 10.8 Å². The van der Waals surface area contributed by atoms with Gasteiger partial charge in [0.2, 0.25) is 0 Å². The van der Waals surface area contributed by atoms with E-state index >= 15 is 0 Å². The lowest BCUT2D eigenvalue weighted by atomic mass is 9.94. The fraction of sp³-hybridized carbons (Fsp3) is 0.941. The maximum atomic E-state index is 12.4. The number of carbonyl (C=O) groups is 1. The molecule has 0 saturated heterocycles. The molecule has 2 amide bonds. The maximum absolute atomic E-state index is 12.4. The van der Waals surface area contributed by atoms with Gasteiger partial charge in [-0.25, -0.2) is 4.79 Å². The first kappa shape index (κ1) is 18.7. The first-order valence-corrected chi connectivity index (χ1v) is 10.6. The number of aliphatic hydroxyl groups is 1. The molecule has 0 bridgehead atoms. The van der Waals surface area contributed by atoms with Gasteiger partial charge in [0.15, 0.2) is 0 Å². The fourth-order valence-electron chi connectivity index (χ4n) is 3.96. The van der Waals surface area contributed by atoms with Crippen molar-refractivity contribution in [1.29, 1.82) is 0 Å². The van der Waals surface area contributed by atoms with Crippen LogP contribution in [-0.4, -0.2) is 45.0 Å². The van der Waals surface area contributed by atoms with Crippen LogP contribution in [0.1, 0.15) is 64.7 Å². The Kier molecular flexibility index (Phi) is 7.83. The zero-order valence-electron chi connectivity index (χ0n) is 14.3. The van der Waals surface area contributed by atoms with Gasteiger partial charge in [-0.1, -0.05) is 39.0 Å². The number of urea groups is 1. The molecule has 0 radical (unpaired) electrons. The molecule has 2 rings (SSSR count). The summed E-state index contributed by atoms with van der Waals surface area (Å²) in [5.41, 5.74) is 0. The zero-order chi connectivity index (χ0) is 16.7. The summed E-state index contributed by atoms with van der Waals surface area (Å²) in [7, 11) is -0.860. The third-order valence-corrected chi connectivity index (χ3v) is 7.16. The molecule has 2 fully saturated rings. The van der Waals surface area contributed by atoms with E-state index in [1.807, 2.05) is 6.92 Å². The summed E-state index contributed by atoms with van der Waals surface area (Å²) < 4.78 is 12.2. The van der Waals surface area contributed by atoms with E-state index in [1.54, 1.807) is 0 Å². The summed E-state index contributed by atoms with van der Waals surface area (Å²) >= 11 is 0. The van der Waals surface area contributed by atoms with Gasteiger partial charge in [-0.15, -0.1) is 0 Å². The van der Waals surface area contributed by atoms with Crippen molar-refractivity contribution in [2.45, 2.75) is 82.0 Å². The molecule has 2 aliphatic carbocycles. The highest BCUT2D eigenvalue weighted by Crippen LogP contribution is 2.25. The van der Waals surface area contributed by atoms with E-state index in [9.17, 15) is 14.1 Å². The van der Waals surface area contributed by atoms with Crippen molar-refractivity contribution in [3.63, 3.8) is 0 Å². The molecule has 134 valence electrons. The third-order valence-electron chi connectivity index (χ3n) is 5.35. The standard InChI is InChI=1S/C17H32N2O3S/c1-2-23(22)16-11-7-6-10-15(16)19-17(21)18-14-9-5-3-4-8-13(14)12-20/h13-16,20H,2-12H2,1H3,(H2,18,19,21). The summed E-state index contributed by atoms with van der Waals surface area (Å²) in [5.74, 6) is 0.815. The van der Waals surface area contributed by atoms with Crippen molar-refractivity contribution >= 4 is 16.8 Å². The highest BCUT2D eigenvalue weighted by Gasteiger charge is 2.31. The summed E-state index contributed by atoms with van der Waals surface area (Å²) in [4.78, 5) is 12.4. The van der Waals surface area contributed by atoms with E-state index in [4.69, 9.17) is 0 Å². The molecule has 6 heteroatoms. The zero-order valence-corrected chi connectivity index (χ0v) is 15.1. The molecule has 5 nitrogen and oxygen atoms in total. The number of amides is 2. The van der Waals surface area contributed by atoms with Crippen molar-refractivity contribution in [1.82, 2.24) is 10.6 Å². The van der Waals surface area contributed by atoms with Crippen LogP contribution in [0.25, 0.3) is 0 Å². The third kappa shape index (κ3) is 5.45. The topological polar surface area (TPSA) is 78.4 Å². The van der Waals surface area contributed by atoms with Crippen LogP contribution in [0.5, 0.6) is 0 Å². The molecule has 2 saturated carbocycles. The van der Waals surface area contributed by atoms with E-state index in [0.29, 0.717) is 5.75 Å². The minimum atomic E-state index is -0.860. The van der Waals surface area contributed by atoms with Crippen molar-refractivity contribution in [3.8, 4) is 0 Å². The minimum Gasteiger partial charge on any atom is -0.396 e. The van der Waals surface area contributed by atoms with E-state index in [-0.39, 0.29) is 35.9 Å². The molecular weight excluding hydrogens is 312 g/mol. The summed E-state index contributed by atoms with van der Waals surface area (Å²) in [6.07, 6.45) is 9.37. The molecule has 5 atom stereocenters. The number of rotatable bonds is 5. The Morgan fingerprint density at radius 1 is 1.00 bits per heavy atom. The van der Waals surface area contributed by atoms with Gasteiger partial charge in [0.25, 0.3) is 0 Å². The lowest BCUT2D eigenvalue weighted by molar-refractivity contribution is 0.177. The first-order chi connectivity index (χ1) is 11.2. The van der Waals surface area contributed by atoms with Crippen molar-refractivity contribution in [3.05, 3.63) is 0 Å². The van der Waals surface area contributed by atoms with Crippen molar-refractivity contribution in [2.75, 3.05) is 12.4 Å². The smallest absolute Gasteiger partial charge is 0.315 e. The van der Waals surface area contributed by atoms with Crippen LogP contribution in [-0.2, 0) is 10.8 Å². The molecule has 0 heterocycles. The molecule has 23 heavy (non-hydrogen) atoms. The number of nitrogens with one attached hydrogen (secondary N) is 2. The number of hydrogen-bond donors (Lipinski definition) is 3. The largest absolute Gasteiger partial charge is 0.396 e. The molecule has 0 aromatic rings. The van der Waals surface area contributed by atoms with Gasteiger partial charge in [-0.2, -0.15) is 0 Å². The quantitative estimate of drug-likeness (QED) is 0.670. The number of hydrogen-bond acceptors (Lipinski definition) is 3. The lowest BCUT2D eigenvalue weighted by Crippen LogP contribution is -2.53. The second-order valence-electron chi connectivity index (χ2n) is 6.90. The molecule has 0 spiro atoms. The normalized spacial score (nSPS) is 33.5. The van der Waals surface area contributed by atoms with Gasteiger partial charge in [0.1, 0.15) is 0 Å². The van der Waals surface area contributed by atoms with Crippen molar-refractivity contribution < 1.29 is 14.1 Å². The fourth-order valence-corrected chi connectivity index (χ4v) is 5.39. The average Bonchev–Trinajstić information content (AvgIpc) is 2.79. The van der Waals surface area contributed by atoms with E-state index in [1.165, 1.54) is 6.42 Å². The Hall–Kier alpha value is -0.620. The Balaban J connectivity index is 1.90. The molecule has 0 aromatic carbocycles. The van der Waals surface area contributed by atoms with Gasteiger partial charge >= 0.3 is 6.03 Å². The SMILES string of the molecule is CCS(=O)C1CCCCC1NC(=O)NC1CCCCCC1CO. The Morgan fingerprint density at radius 2 is 1.61 bits per heavy atom. The van der Waals surface area contributed by atoms with Crippen LogP contribution in [0.4, 0.5) is 4.79 Å². The van der Waals surface area contributed by atoms with Gasteiger partial charge in [0, 0.05) is 41.2 Å². The number of aliphatic hydroxyl groups excluding tert-OH is 1. The molecule has 3 N–H and O–H groups in total. The second-order valence-corrected chi connectivity index (χ2v) is 8.85. The molecule has 0 aromatic heterocycles. The second kappa shape index (κ2) is 9.62. The monoisotopic (exact) mass is 344 g/mol. The summed E-state index contributed by atoms with van der Waals surface area (Å²) in [6.45, 7) is 2.08. The van der Waals surface area contributed by atoms with Gasteiger partial charge in [0.05, 0.1) is 5.25 Å². The van der Waals surface area contributed by atoms with Crippen LogP contribution >= 0.6 is 0 Å². The van der Waals surface area contributed by atoms with Crippen LogP contribution < -0.4 is 10.6 Å². The van der Waals surface area contributed by atoms with Crippen LogP contribution in [0.15, 0.2) is 0 Å². The minimum absolute atomic E-state index is 0.0166. The predicted octanol–water partition coefficient (Wildman–Crippen LogP) is 2.31. The highest BCUT2D eigenvalue weighted by molar-refractivity contribution is 7.85. The van der Waals surface area contributed by atoms with Gasteiger partial charge < -0.3 is 15.7 Å². The molecule has 0 aliphatic heterocycles. The van der Waals surface area contributed by atoms with Crippen LogP contribution in [0.2, 0.25) is 0 Å². The Morgan fingerprint density at radius 3 is 2.35 bits per heavy atom. The molecular formula is C17H32N2O3S.